The summed E-state index contributed by atoms with van der Waals surface area (Å²) < 4.78 is 0. The van der Waals surface area contributed by atoms with Gasteiger partial charge >= 0.3 is 0 Å². The summed E-state index contributed by atoms with van der Waals surface area (Å²) in [6.07, 6.45) is 6.55. The number of amides is 2. The monoisotopic (exact) mass is 339 g/mol. The van der Waals surface area contributed by atoms with Crippen LogP contribution in [-0.4, -0.2) is 41.1 Å². The average molecular weight is 340 g/mol. The lowest BCUT2D eigenvalue weighted by molar-refractivity contribution is -0.128. The van der Waals surface area contributed by atoms with Crippen LogP contribution in [0.2, 0.25) is 5.02 Å². The number of hydrogen-bond acceptors (Lipinski definition) is 4. The van der Waals surface area contributed by atoms with Crippen molar-refractivity contribution in [3.63, 3.8) is 0 Å². The molecular weight excluding hydrogens is 318 g/mol. The Balaban J connectivity index is 1.86. The zero-order chi connectivity index (χ0) is 16.7. The molecule has 1 aliphatic rings. The minimum absolute atomic E-state index is 0.0596. The van der Waals surface area contributed by atoms with Gasteiger partial charge in [-0.25, -0.2) is 0 Å². The fraction of sp³-hybridized carbons (Fsp3) is 0.562. The van der Waals surface area contributed by atoms with Crippen LogP contribution < -0.4 is 10.6 Å². The number of aliphatic hydroxyl groups is 1. The highest BCUT2D eigenvalue weighted by atomic mass is 35.5. The van der Waals surface area contributed by atoms with E-state index in [-0.39, 0.29) is 24.3 Å². The first-order valence-electron chi connectivity index (χ1n) is 7.86. The van der Waals surface area contributed by atoms with E-state index in [4.69, 9.17) is 11.6 Å². The fourth-order valence-electron chi connectivity index (χ4n) is 2.62. The van der Waals surface area contributed by atoms with Crippen LogP contribution in [0.25, 0.3) is 0 Å². The molecule has 0 aromatic carbocycles. The minimum Gasteiger partial charge on any atom is -0.396 e. The van der Waals surface area contributed by atoms with Crippen LogP contribution in [0, 0.1) is 5.92 Å². The van der Waals surface area contributed by atoms with E-state index in [1.165, 1.54) is 0 Å². The van der Waals surface area contributed by atoms with E-state index in [1.807, 2.05) is 0 Å². The quantitative estimate of drug-likeness (QED) is 0.722. The van der Waals surface area contributed by atoms with E-state index >= 15 is 0 Å². The highest BCUT2D eigenvalue weighted by Crippen LogP contribution is 2.17. The molecule has 0 radical (unpaired) electrons. The average Bonchev–Trinajstić information content (AvgIpc) is 2.77. The molecule has 6 nitrogen and oxygen atoms in total. The number of halogens is 1. The maximum absolute atomic E-state index is 12.2. The number of pyridine rings is 1. The van der Waals surface area contributed by atoms with Gasteiger partial charge in [-0.3, -0.25) is 14.6 Å². The molecule has 0 spiro atoms. The molecule has 0 aliphatic carbocycles. The molecule has 2 rings (SSSR count). The van der Waals surface area contributed by atoms with Gasteiger partial charge in [0.2, 0.25) is 11.8 Å². The van der Waals surface area contributed by atoms with Gasteiger partial charge in [0.1, 0.15) is 6.04 Å². The Kier molecular flexibility index (Phi) is 6.80. The Morgan fingerprint density at radius 1 is 1.52 bits per heavy atom. The van der Waals surface area contributed by atoms with Gasteiger partial charge in [0.05, 0.1) is 5.02 Å². The number of carbonyl (C=O) groups is 2. The lowest BCUT2D eigenvalue weighted by Gasteiger charge is -2.19. The Labute approximate surface area is 140 Å². The summed E-state index contributed by atoms with van der Waals surface area (Å²) in [6, 6.07) is 1.33. The smallest absolute Gasteiger partial charge is 0.242 e. The molecule has 0 saturated carbocycles. The van der Waals surface area contributed by atoms with Crippen molar-refractivity contribution in [3.05, 3.63) is 29.0 Å². The molecule has 1 aromatic rings. The van der Waals surface area contributed by atoms with Gasteiger partial charge in [0, 0.05) is 37.9 Å². The normalized spacial score (nSPS) is 19.6. The van der Waals surface area contributed by atoms with Crippen LogP contribution in [0.15, 0.2) is 18.5 Å². The van der Waals surface area contributed by atoms with Crippen molar-refractivity contribution in [1.29, 1.82) is 0 Å². The van der Waals surface area contributed by atoms with Crippen LogP contribution in [0.1, 0.15) is 31.2 Å². The van der Waals surface area contributed by atoms with Gasteiger partial charge in [0.15, 0.2) is 0 Å². The first-order chi connectivity index (χ1) is 11.1. The summed E-state index contributed by atoms with van der Waals surface area (Å²) >= 11 is 6.06. The molecule has 2 unspecified atom stereocenters. The molecule has 7 heteroatoms. The first kappa shape index (κ1) is 17.7. The van der Waals surface area contributed by atoms with Crippen LogP contribution in [0.4, 0.5) is 0 Å². The van der Waals surface area contributed by atoms with Crippen molar-refractivity contribution in [1.82, 2.24) is 15.6 Å². The van der Waals surface area contributed by atoms with Gasteiger partial charge in [-0.05, 0) is 30.9 Å². The SMILES string of the molecule is O=C1CCCCC(C(=O)NCC(CO)Cc2ccncc2Cl)N1. The Bertz CT molecular complexity index is 553. The molecule has 1 saturated heterocycles. The van der Waals surface area contributed by atoms with E-state index in [9.17, 15) is 14.7 Å². The molecular formula is C16H22ClN3O3. The third kappa shape index (κ3) is 5.48. The Morgan fingerprint density at radius 3 is 3.09 bits per heavy atom. The van der Waals surface area contributed by atoms with Crippen molar-refractivity contribution in [2.24, 2.45) is 5.92 Å². The van der Waals surface area contributed by atoms with Crippen LogP contribution in [0.5, 0.6) is 0 Å². The summed E-state index contributed by atoms with van der Waals surface area (Å²) in [5.41, 5.74) is 0.887. The second-order valence-electron chi connectivity index (χ2n) is 5.83. The number of nitrogens with zero attached hydrogens (tertiary/aromatic N) is 1. The standard InChI is InChI=1S/C16H22ClN3O3/c17-13-9-18-6-5-12(13)7-11(10-21)8-19-16(23)14-3-1-2-4-15(22)20-14/h5-6,9,11,14,21H,1-4,7-8,10H2,(H,19,23)(H,20,22). The molecule has 126 valence electrons. The predicted octanol–water partition coefficient (Wildman–Crippen LogP) is 1.06. The molecule has 1 fully saturated rings. The molecule has 0 bridgehead atoms. The minimum atomic E-state index is -0.478. The maximum atomic E-state index is 12.2. The van der Waals surface area contributed by atoms with Crippen LogP contribution in [-0.2, 0) is 16.0 Å². The lowest BCUT2D eigenvalue weighted by atomic mass is 10.0. The van der Waals surface area contributed by atoms with Gasteiger partial charge < -0.3 is 15.7 Å². The van der Waals surface area contributed by atoms with Crippen LogP contribution in [0.3, 0.4) is 0 Å². The highest BCUT2D eigenvalue weighted by Gasteiger charge is 2.23. The number of hydrogen-bond donors (Lipinski definition) is 3. The van der Waals surface area contributed by atoms with Crippen molar-refractivity contribution >= 4 is 23.4 Å². The van der Waals surface area contributed by atoms with E-state index in [2.05, 4.69) is 15.6 Å². The van der Waals surface area contributed by atoms with Crippen molar-refractivity contribution in [2.75, 3.05) is 13.2 Å². The van der Waals surface area contributed by atoms with Gasteiger partial charge in [-0.2, -0.15) is 0 Å². The summed E-state index contributed by atoms with van der Waals surface area (Å²) in [6.45, 7) is 0.274. The molecule has 23 heavy (non-hydrogen) atoms. The Hall–Kier alpha value is -1.66. The lowest BCUT2D eigenvalue weighted by Crippen LogP contribution is -2.47. The van der Waals surface area contributed by atoms with E-state index in [0.29, 0.717) is 30.8 Å². The second-order valence-corrected chi connectivity index (χ2v) is 6.24. The summed E-state index contributed by atoms with van der Waals surface area (Å²) in [4.78, 5) is 27.6. The van der Waals surface area contributed by atoms with Crippen LogP contribution >= 0.6 is 11.6 Å². The first-order valence-corrected chi connectivity index (χ1v) is 8.24. The second kappa shape index (κ2) is 8.84. The van der Waals surface area contributed by atoms with Gasteiger partial charge in [-0.15, -0.1) is 0 Å². The number of aliphatic hydroxyl groups excluding tert-OH is 1. The molecule has 2 heterocycles. The van der Waals surface area contributed by atoms with Gasteiger partial charge in [0.25, 0.3) is 0 Å². The number of aromatic nitrogens is 1. The predicted molar refractivity (Wildman–Crippen MR) is 86.9 cm³/mol. The van der Waals surface area contributed by atoms with E-state index < -0.39 is 6.04 Å². The van der Waals surface area contributed by atoms with E-state index in [0.717, 1.165) is 18.4 Å². The zero-order valence-corrected chi connectivity index (χ0v) is 13.7. The Morgan fingerprint density at radius 2 is 2.35 bits per heavy atom. The third-order valence-corrected chi connectivity index (χ3v) is 4.33. The zero-order valence-electron chi connectivity index (χ0n) is 12.9. The molecule has 3 N–H and O–H groups in total. The number of carbonyl (C=O) groups excluding carboxylic acids is 2. The van der Waals surface area contributed by atoms with Crippen molar-refractivity contribution < 1.29 is 14.7 Å². The highest BCUT2D eigenvalue weighted by molar-refractivity contribution is 6.31. The summed E-state index contributed by atoms with van der Waals surface area (Å²) in [7, 11) is 0. The van der Waals surface area contributed by atoms with Gasteiger partial charge in [-0.1, -0.05) is 18.0 Å². The summed E-state index contributed by atoms with van der Waals surface area (Å²) in [5.74, 6) is -0.412. The van der Waals surface area contributed by atoms with Crippen molar-refractivity contribution in [2.45, 2.75) is 38.1 Å². The molecule has 2 atom stereocenters. The fourth-order valence-corrected chi connectivity index (χ4v) is 2.82. The maximum Gasteiger partial charge on any atom is 0.242 e. The third-order valence-electron chi connectivity index (χ3n) is 3.99. The number of nitrogens with one attached hydrogen (secondary N) is 2. The summed E-state index contributed by atoms with van der Waals surface area (Å²) in [5, 5.41) is 15.6. The topological polar surface area (TPSA) is 91.3 Å². The molecule has 1 aromatic heterocycles. The van der Waals surface area contributed by atoms with Crippen molar-refractivity contribution in [3.8, 4) is 0 Å². The van der Waals surface area contributed by atoms with E-state index in [1.54, 1.807) is 18.5 Å². The molecule has 1 aliphatic heterocycles. The largest absolute Gasteiger partial charge is 0.396 e. The molecule has 2 amide bonds. The number of rotatable bonds is 6.